The number of rotatable bonds is 5. The van der Waals surface area contributed by atoms with Crippen LogP contribution in [0.5, 0.6) is 5.75 Å². The normalized spacial score (nSPS) is 15.4. The Morgan fingerprint density at radius 2 is 1.82 bits per heavy atom. The van der Waals surface area contributed by atoms with Gasteiger partial charge in [0.2, 0.25) is 5.76 Å². The summed E-state index contributed by atoms with van der Waals surface area (Å²) in [6, 6.07) is 6.56. The topological polar surface area (TPSA) is 93.8 Å². The van der Waals surface area contributed by atoms with E-state index in [1.807, 2.05) is 0 Å². The first-order valence-electron chi connectivity index (χ1n) is 10.7. The van der Waals surface area contributed by atoms with Crippen LogP contribution in [0, 0.1) is 6.92 Å². The van der Waals surface area contributed by atoms with Crippen LogP contribution in [0.4, 0.5) is 30.7 Å². The lowest BCUT2D eigenvalue weighted by molar-refractivity contribution is -0.344. The van der Waals surface area contributed by atoms with Crippen LogP contribution in [0.15, 0.2) is 44.5 Å². The third-order valence-corrected chi connectivity index (χ3v) is 6.41. The SMILES string of the molecule is Cc1c(C(=O)Oc2ccc(Br)c3cccnc23)oc2c1/C(=N/NC(=O)C(F)(F)C(F)(F)C(F)(F)F)CCC2. The molecule has 2 aromatic heterocycles. The van der Waals surface area contributed by atoms with Crippen LogP contribution in [0.1, 0.15) is 40.3 Å². The van der Waals surface area contributed by atoms with E-state index in [2.05, 4.69) is 26.0 Å². The fraction of sp³-hybridized carbons (Fsp3) is 0.304. The second kappa shape index (κ2) is 9.67. The average Bonchev–Trinajstić information content (AvgIpc) is 3.20. The Hall–Kier alpha value is -3.49. The van der Waals surface area contributed by atoms with Crippen LogP contribution in [0.2, 0.25) is 0 Å². The molecule has 2 heterocycles. The van der Waals surface area contributed by atoms with Crippen molar-refractivity contribution in [2.24, 2.45) is 5.10 Å². The van der Waals surface area contributed by atoms with Gasteiger partial charge in [-0.3, -0.25) is 9.78 Å². The number of hydrogen-bond acceptors (Lipinski definition) is 6. The van der Waals surface area contributed by atoms with Crippen LogP contribution in [-0.2, 0) is 11.2 Å². The van der Waals surface area contributed by atoms with E-state index < -0.39 is 29.9 Å². The van der Waals surface area contributed by atoms with Gasteiger partial charge in [0.25, 0.3) is 0 Å². The lowest BCUT2D eigenvalue weighted by atomic mass is 9.93. The molecule has 4 rings (SSSR count). The summed E-state index contributed by atoms with van der Waals surface area (Å²) in [5, 5.41) is 4.02. The summed E-state index contributed by atoms with van der Waals surface area (Å²) >= 11 is 3.37. The van der Waals surface area contributed by atoms with Crippen molar-refractivity contribution in [3.05, 3.63) is 57.6 Å². The Morgan fingerprint density at radius 1 is 1.11 bits per heavy atom. The highest BCUT2D eigenvalue weighted by atomic mass is 79.9. The zero-order valence-electron chi connectivity index (χ0n) is 19.1. The quantitative estimate of drug-likeness (QED) is 0.163. The zero-order valence-corrected chi connectivity index (χ0v) is 20.6. The van der Waals surface area contributed by atoms with E-state index in [0.29, 0.717) is 21.8 Å². The number of furan rings is 1. The molecule has 0 fully saturated rings. The molecule has 3 aromatic rings. The molecule has 0 saturated heterocycles. The zero-order chi connectivity index (χ0) is 28.0. The third-order valence-electron chi connectivity index (χ3n) is 5.72. The molecule has 1 N–H and O–H groups in total. The predicted octanol–water partition coefficient (Wildman–Crippen LogP) is 6.11. The van der Waals surface area contributed by atoms with E-state index in [9.17, 15) is 40.3 Å². The molecule has 1 aromatic carbocycles. The van der Waals surface area contributed by atoms with Gasteiger partial charge in [0.05, 0.1) is 5.71 Å². The van der Waals surface area contributed by atoms with Gasteiger partial charge in [-0.15, -0.1) is 0 Å². The van der Waals surface area contributed by atoms with Crippen molar-refractivity contribution in [1.29, 1.82) is 0 Å². The van der Waals surface area contributed by atoms with Gasteiger partial charge in [0.15, 0.2) is 5.75 Å². The molecule has 0 saturated carbocycles. The largest absolute Gasteiger partial charge is 0.460 e. The standard InChI is InChI=1S/C23H15BrF7N3O4/c1-10-16-13(33-34-20(36)21(25,26)22(27,28)23(29,30)31)5-2-6-14(16)37-18(10)19(35)38-15-8-7-12(24)11-4-3-9-32-17(11)15/h3-4,7-9H,2,5-6H2,1H3,(H,34,36)/b33-13+. The van der Waals surface area contributed by atoms with Crippen LogP contribution < -0.4 is 10.2 Å². The number of hydrogen-bond donors (Lipinski definition) is 1. The van der Waals surface area contributed by atoms with Crippen molar-refractivity contribution >= 4 is 44.4 Å². The van der Waals surface area contributed by atoms with Crippen molar-refractivity contribution < 1.29 is 49.5 Å². The maximum absolute atomic E-state index is 13.6. The highest BCUT2D eigenvalue weighted by Gasteiger charge is 2.76. The number of esters is 1. The minimum absolute atomic E-state index is 0.0185. The fourth-order valence-electron chi connectivity index (χ4n) is 3.82. The fourth-order valence-corrected chi connectivity index (χ4v) is 4.28. The number of alkyl halides is 7. The molecular weight excluding hydrogens is 595 g/mol. The molecule has 15 heteroatoms. The van der Waals surface area contributed by atoms with Gasteiger partial charge in [-0.2, -0.15) is 35.8 Å². The van der Waals surface area contributed by atoms with E-state index in [1.54, 1.807) is 18.2 Å². The number of aryl methyl sites for hydroxylation is 1. The van der Waals surface area contributed by atoms with Gasteiger partial charge < -0.3 is 9.15 Å². The summed E-state index contributed by atoms with van der Waals surface area (Å²) in [7, 11) is 0. The molecule has 0 unspecified atom stereocenters. The number of pyridine rings is 1. The molecule has 0 aliphatic heterocycles. The van der Waals surface area contributed by atoms with Crippen molar-refractivity contribution in [3.63, 3.8) is 0 Å². The van der Waals surface area contributed by atoms with Gasteiger partial charge in [-0.05, 0) is 38.0 Å². The molecule has 38 heavy (non-hydrogen) atoms. The number of carbonyl (C=O) groups excluding carboxylic acids is 2. The number of halogens is 8. The first-order chi connectivity index (χ1) is 17.7. The van der Waals surface area contributed by atoms with Crippen molar-refractivity contribution in [2.75, 3.05) is 0 Å². The highest BCUT2D eigenvalue weighted by Crippen LogP contribution is 2.46. The van der Waals surface area contributed by atoms with Crippen LogP contribution >= 0.6 is 15.9 Å². The number of benzene rings is 1. The van der Waals surface area contributed by atoms with Crippen molar-refractivity contribution in [1.82, 2.24) is 10.4 Å². The van der Waals surface area contributed by atoms with Crippen molar-refractivity contribution in [2.45, 2.75) is 44.2 Å². The lowest BCUT2D eigenvalue weighted by Crippen LogP contribution is -2.58. The van der Waals surface area contributed by atoms with E-state index in [1.165, 1.54) is 19.2 Å². The summed E-state index contributed by atoms with van der Waals surface area (Å²) < 4.78 is 102. The Morgan fingerprint density at radius 3 is 2.50 bits per heavy atom. The van der Waals surface area contributed by atoms with Crippen LogP contribution in [0.25, 0.3) is 10.9 Å². The average molecular weight is 610 g/mol. The predicted molar refractivity (Wildman–Crippen MR) is 121 cm³/mol. The number of nitrogens with one attached hydrogen (secondary N) is 1. The molecule has 1 amide bonds. The molecule has 0 radical (unpaired) electrons. The number of aromatic nitrogens is 1. The third kappa shape index (κ3) is 4.63. The Bertz CT molecular complexity index is 1470. The molecule has 202 valence electrons. The molecular formula is C23H15BrF7N3O4. The number of hydrazone groups is 1. The summed E-state index contributed by atoms with van der Waals surface area (Å²) in [5.74, 6) is -16.7. The molecule has 1 aliphatic carbocycles. The number of nitrogens with zero attached hydrogens (tertiary/aromatic N) is 2. The van der Waals surface area contributed by atoms with E-state index in [0.717, 1.165) is 5.43 Å². The molecule has 7 nitrogen and oxygen atoms in total. The van der Waals surface area contributed by atoms with Gasteiger partial charge in [0.1, 0.15) is 11.3 Å². The Balaban J connectivity index is 1.61. The minimum atomic E-state index is -6.68. The number of fused-ring (bicyclic) bond motifs is 2. The summed E-state index contributed by atoms with van der Waals surface area (Å²) in [4.78, 5) is 28.7. The van der Waals surface area contributed by atoms with Gasteiger partial charge >= 0.3 is 29.9 Å². The maximum Gasteiger partial charge on any atom is 0.460 e. The number of amides is 1. The lowest BCUT2D eigenvalue weighted by Gasteiger charge is -2.26. The Kier molecular flexibility index (Phi) is 7.01. The second-order valence-corrected chi connectivity index (χ2v) is 9.04. The summed E-state index contributed by atoms with van der Waals surface area (Å²) in [5.41, 5.74) is 1.56. The first-order valence-corrected chi connectivity index (χ1v) is 11.5. The summed E-state index contributed by atoms with van der Waals surface area (Å²) in [6.07, 6.45) is -4.61. The van der Waals surface area contributed by atoms with Crippen LogP contribution in [0.3, 0.4) is 0 Å². The van der Waals surface area contributed by atoms with Gasteiger partial charge in [-0.25, -0.2) is 10.2 Å². The van der Waals surface area contributed by atoms with Crippen LogP contribution in [-0.4, -0.2) is 40.6 Å². The molecule has 0 bridgehead atoms. The molecule has 1 aliphatic rings. The van der Waals surface area contributed by atoms with E-state index in [-0.39, 0.29) is 47.0 Å². The number of carbonyl (C=O) groups is 2. The Labute approximate surface area is 217 Å². The molecule has 0 atom stereocenters. The highest BCUT2D eigenvalue weighted by molar-refractivity contribution is 9.10. The van der Waals surface area contributed by atoms with Gasteiger partial charge in [-0.1, -0.05) is 22.0 Å². The minimum Gasteiger partial charge on any atom is -0.453 e. The summed E-state index contributed by atoms with van der Waals surface area (Å²) in [6.45, 7) is 1.41. The number of ether oxygens (including phenoxy) is 1. The van der Waals surface area contributed by atoms with E-state index in [4.69, 9.17) is 9.15 Å². The maximum atomic E-state index is 13.6. The van der Waals surface area contributed by atoms with Gasteiger partial charge in [0, 0.05) is 33.6 Å². The first kappa shape index (κ1) is 27.5. The smallest absolute Gasteiger partial charge is 0.453 e. The van der Waals surface area contributed by atoms with Crippen molar-refractivity contribution in [3.8, 4) is 5.75 Å². The second-order valence-electron chi connectivity index (χ2n) is 8.19. The monoisotopic (exact) mass is 609 g/mol. The van der Waals surface area contributed by atoms with E-state index >= 15 is 0 Å². The molecule has 0 spiro atoms.